The molecule has 0 unspecified atom stereocenters. The molecule has 3 aromatic rings. The number of hydrogen-bond donors (Lipinski definition) is 2. The van der Waals surface area contributed by atoms with Crippen molar-refractivity contribution in [2.24, 2.45) is 4.99 Å². The molecule has 172 valence electrons. The quantitative estimate of drug-likeness (QED) is 0.399. The van der Waals surface area contributed by atoms with Gasteiger partial charge in [-0.25, -0.2) is 9.97 Å². The van der Waals surface area contributed by atoms with Crippen LogP contribution in [0.3, 0.4) is 0 Å². The number of amides is 1. The predicted molar refractivity (Wildman–Crippen MR) is 130 cm³/mol. The van der Waals surface area contributed by atoms with Crippen LogP contribution in [0.25, 0.3) is 0 Å². The van der Waals surface area contributed by atoms with E-state index in [4.69, 9.17) is 21.1 Å². The Morgan fingerprint density at radius 2 is 1.64 bits per heavy atom. The fourth-order valence-electron chi connectivity index (χ4n) is 3.11. The van der Waals surface area contributed by atoms with E-state index in [1.54, 1.807) is 38.5 Å². The van der Waals surface area contributed by atoms with E-state index in [2.05, 4.69) is 25.6 Å². The van der Waals surface area contributed by atoms with Crippen molar-refractivity contribution >= 4 is 29.4 Å². The van der Waals surface area contributed by atoms with Crippen LogP contribution in [-0.2, 0) is 6.42 Å². The van der Waals surface area contributed by atoms with Gasteiger partial charge in [-0.1, -0.05) is 17.7 Å². The van der Waals surface area contributed by atoms with Crippen LogP contribution < -0.4 is 20.1 Å². The highest BCUT2D eigenvalue weighted by atomic mass is 35.5. The normalized spacial score (nSPS) is 11.1. The monoisotopic (exact) mass is 467 g/mol. The van der Waals surface area contributed by atoms with Gasteiger partial charge in [0.05, 0.1) is 14.2 Å². The number of anilines is 1. The number of aromatic nitrogens is 2. The van der Waals surface area contributed by atoms with Gasteiger partial charge in [-0.15, -0.1) is 0 Å². The lowest BCUT2D eigenvalue weighted by atomic mass is 10.1. The van der Waals surface area contributed by atoms with E-state index in [-0.39, 0.29) is 11.9 Å². The number of carbonyl (C=O) groups is 1. The van der Waals surface area contributed by atoms with Crippen molar-refractivity contribution in [3.8, 4) is 11.5 Å². The number of halogens is 1. The molecule has 2 N–H and O–H groups in total. The number of carbonyl (C=O) groups excluding carboxylic acids is 1. The van der Waals surface area contributed by atoms with Crippen molar-refractivity contribution in [2.75, 3.05) is 26.1 Å². The van der Waals surface area contributed by atoms with E-state index >= 15 is 0 Å². The molecule has 0 aliphatic rings. The fourth-order valence-corrected chi connectivity index (χ4v) is 3.24. The Hall–Kier alpha value is -3.65. The number of aliphatic imine (C=N–C) groups is 1. The molecule has 0 radical (unpaired) electrons. The summed E-state index contributed by atoms with van der Waals surface area (Å²) in [5, 5.41) is 6.38. The summed E-state index contributed by atoms with van der Waals surface area (Å²) in [6.07, 6.45) is 0.621. The van der Waals surface area contributed by atoms with E-state index in [1.165, 1.54) is 0 Å². The van der Waals surface area contributed by atoms with Crippen LogP contribution in [0.4, 0.5) is 5.95 Å². The zero-order chi connectivity index (χ0) is 23.8. The molecule has 0 aliphatic heterocycles. The Kier molecular flexibility index (Phi) is 8.21. The van der Waals surface area contributed by atoms with E-state index in [0.717, 1.165) is 17.0 Å². The Labute approximate surface area is 198 Å². The number of rotatable bonds is 7. The van der Waals surface area contributed by atoms with Gasteiger partial charge in [0.15, 0.2) is 11.5 Å². The molecule has 0 saturated carbocycles. The highest BCUT2D eigenvalue weighted by molar-refractivity contribution is 6.30. The minimum absolute atomic E-state index is 0.250. The number of methoxy groups -OCH3 is 2. The minimum atomic E-state index is -0.326. The zero-order valence-corrected chi connectivity index (χ0v) is 19.7. The van der Waals surface area contributed by atoms with Crippen molar-refractivity contribution in [3.63, 3.8) is 0 Å². The number of nitrogens with zero attached hydrogens (tertiary/aromatic N) is 3. The summed E-state index contributed by atoms with van der Waals surface area (Å²) in [4.78, 5) is 26.0. The van der Waals surface area contributed by atoms with Gasteiger partial charge < -0.3 is 9.47 Å². The summed E-state index contributed by atoms with van der Waals surface area (Å²) < 4.78 is 10.6. The maximum absolute atomic E-state index is 12.7. The number of aryl methyl sites for hydroxylation is 2. The Morgan fingerprint density at radius 1 is 0.970 bits per heavy atom. The lowest BCUT2D eigenvalue weighted by Gasteiger charge is -2.12. The largest absolute Gasteiger partial charge is 0.493 e. The molecule has 33 heavy (non-hydrogen) atoms. The van der Waals surface area contributed by atoms with E-state index in [9.17, 15) is 4.79 Å². The summed E-state index contributed by atoms with van der Waals surface area (Å²) in [6, 6.07) is 14.2. The van der Waals surface area contributed by atoms with Crippen LogP contribution in [0.2, 0.25) is 5.02 Å². The van der Waals surface area contributed by atoms with Crippen molar-refractivity contribution in [3.05, 3.63) is 76.1 Å². The first-order chi connectivity index (χ1) is 15.9. The number of ether oxygens (including phenoxy) is 2. The van der Waals surface area contributed by atoms with Crippen LogP contribution in [0, 0.1) is 13.8 Å². The Bertz CT molecular complexity index is 1130. The molecule has 0 aliphatic carbocycles. The molecular formula is C24H26ClN5O3. The smallest absolute Gasteiger partial charge is 0.257 e. The topological polar surface area (TPSA) is 97.7 Å². The van der Waals surface area contributed by atoms with Crippen molar-refractivity contribution in [1.82, 2.24) is 15.3 Å². The molecule has 2 aromatic carbocycles. The molecule has 8 nitrogen and oxygen atoms in total. The van der Waals surface area contributed by atoms with E-state index in [1.807, 2.05) is 38.1 Å². The summed E-state index contributed by atoms with van der Waals surface area (Å²) >= 11 is 5.93. The highest BCUT2D eigenvalue weighted by Crippen LogP contribution is 2.27. The first kappa shape index (κ1) is 24.0. The van der Waals surface area contributed by atoms with Crippen LogP contribution in [0.15, 0.2) is 53.5 Å². The third kappa shape index (κ3) is 6.92. The van der Waals surface area contributed by atoms with Crippen molar-refractivity contribution in [1.29, 1.82) is 0 Å². The van der Waals surface area contributed by atoms with Crippen molar-refractivity contribution < 1.29 is 14.3 Å². The first-order valence-electron chi connectivity index (χ1n) is 10.3. The van der Waals surface area contributed by atoms with Gasteiger partial charge in [0, 0.05) is 28.5 Å². The first-order valence-corrected chi connectivity index (χ1v) is 10.7. The average Bonchev–Trinajstić information content (AvgIpc) is 2.78. The second-order valence-corrected chi connectivity index (χ2v) is 7.67. The summed E-state index contributed by atoms with van der Waals surface area (Å²) in [6.45, 7) is 4.16. The molecule has 1 heterocycles. The van der Waals surface area contributed by atoms with Gasteiger partial charge in [-0.05, 0) is 68.3 Å². The minimum Gasteiger partial charge on any atom is -0.493 e. The third-order valence-electron chi connectivity index (χ3n) is 4.67. The lowest BCUT2D eigenvalue weighted by Crippen LogP contribution is -2.37. The third-order valence-corrected chi connectivity index (χ3v) is 4.92. The zero-order valence-electron chi connectivity index (χ0n) is 19.0. The van der Waals surface area contributed by atoms with Crippen LogP contribution in [-0.4, -0.2) is 42.6 Å². The molecule has 0 saturated heterocycles. The number of guanidine groups is 1. The fraction of sp³-hybridized carbons (Fsp3) is 0.250. The second kappa shape index (κ2) is 11.3. The highest BCUT2D eigenvalue weighted by Gasteiger charge is 2.11. The molecule has 1 aromatic heterocycles. The summed E-state index contributed by atoms with van der Waals surface area (Å²) in [7, 11) is 3.19. The number of hydrogen-bond acceptors (Lipinski definition) is 6. The Morgan fingerprint density at radius 3 is 2.27 bits per heavy atom. The molecule has 0 atom stereocenters. The van der Waals surface area contributed by atoms with Gasteiger partial charge in [0.1, 0.15) is 0 Å². The molecule has 0 spiro atoms. The lowest BCUT2D eigenvalue weighted by molar-refractivity contribution is 0.0977. The van der Waals surface area contributed by atoms with Gasteiger partial charge in [0.25, 0.3) is 5.91 Å². The van der Waals surface area contributed by atoms with Crippen LogP contribution in [0.5, 0.6) is 11.5 Å². The van der Waals surface area contributed by atoms with Gasteiger partial charge in [-0.3, -0.25) is 20.4 Å². The van der Waals surface area contributed by atoms with Gasteiger partial charge >= 0.3 is 0 Å². The molecule has 0 fully saturated rings. The summed E-state index contributed by atoms with van der Waals surface area (Å²) in [5.41, 5.74) is 3.08. The number of nitrogens with one attached hydrogen (secondary N) is 2. The molecular weight excluding hydrogens is 442 g/mol. The van der Waals surface area contributed by atoms with Crippen LogP contribution in [0.1, 0.15) is 27.3 Å². The average molecular weight is 468 g/mol. The number of benzene rings is 2. The van der Waals surface area contributed by atoms with Gasteiger partial charge in [0.2, 0.25) is 11.9 Å². The van der Waals surface area contributed by atoms with E-state index in [0.29, 0.717) is 41.0 Å². The summed E-state index contributed by atoms with van der Waals surface area (Å²) in [5.74, 6) is 1.59. The molecule has 3 rings (SSSR count). The molecule has 0 bridgehead atoms. The standard InChI is InChI=1S/C24H26ClN5O3/c1-15-13-16(2)28-24(27-15)30-23(29-22(31)18-6-8-19(25)9-7-18)26-12-11-17-5-10-20(32-3)21(14-17)33-4/h5-10,13-14H,11-12H2,1-4H3,(H2,26,27,28,29,30,31). The maximum Gasteiger partial charge on any atom is 0.257 e. The Balaban J connectivity index is 1.78. The predicted octanol–water partition coefficient (Wildman–Crippen LogP) is 4.20. The SMILES string of the molecule is COc1ccc(CCN=C(NC(=O)c2ccc(Cl)cc2)Nc2nc(C)cc(C)n2)cc1OC. The molecule has 1 amide bonds. The maximum atomic E-state index is 12.7. The van der Waals surface area contributed by atoms with E-state index < -0.39 is 0 Å². The van der Waals surface area contributed by atoms with Crippen LogP contribution >= 0.6 is 11.6 Å². The molecule has 9 heteroatoms. The van der Waals surface area contributed by atoms with Gasteiger partial charge in [-0.2, -0.15) is 0 Å². The van der Waals surface area contributed by atoms with Crippen molar-refractivity contribution in [2.45, 2.75) is 20.3 Å². The second-order valence-electron chi connectivity index (χ2n) is 7.23.